The lowest BCUT2D eigenvalue weighted by atomic mass is 10.1. The Morgan fingerprint density at radius 1 is 1.36 bits per heavy atom. The number of aromatic nitrogens is 3. The summed E-state index contributed by atoms with van der Waals surface area (Å²) in [7, 11) is 5.13. The van der Waals surface area contributed by atoms with E-state index in [2.05, 4.69) is 37.8 Å². The van der Waals surface area contributed by atoms with E-state index in [0.29, 0.717) is 13.2 Å². The van der Waals surface area contributed by atoms with Crippen molar-refractivity contribution >= 4 is 29.9 Å². The van der Waals surface area contributed by atoms with Gasteiger partial charge in [0, 0.05) is 33.2 Å². The van der Waals surface area contributed by atoms with Gasteiger partial charge in [0.2, 0.25) is 0 Å². The van der Waals surface area contributed by atoms with Crippen molar-refractivity contribution in [3.63, 3.8) is 0 Å². The minimum absolute atomic E-state index is 0. The zero-order valence-electron chi connectivity index (χ0n) is 16.9. The zero-order valence-corrected chi connectivity index (χ0v) is 19.2. The summed E-state index contributed by atoms with van der Waals surface area (Å²) >= 11 is 0. The van der Waals surface area contributed by atoms with Crippen LogP contribution >= 0.6 is 24.0 Å². The molecule has 2 N–H and O–H groups in total. The van der Waals surface area contributed by atoms with Crippen LogP contribution in [-0.2, 0) is 30.9 Å². The van der Waals surface area contributed by atoms with Gasteiger partial charge in [0.05, 0.1) is 13.7 Å². The first-order valence-electron chi connectivity index (χ1n) is 9.15. The highest BCUT2D eigenvalue weighted by Crippen LogP contribution is 2.18. The number of halogens is 1. The van der Waals surface area contributed by atoms with Crippen LogP contribution in [0.3, 0.4) is 0 Å². The summed E-state index contributed by atoms with van der Waals surface area (Å²) in [5, 5.41) is 11.4. The second kappa shape index (κ2) is 10.6. The Kier molecular flexibility index (Phi) is 8.49. The molecule has 28 heavy (non-hydrogen) atoms. The van der Waals surface area contributed by atoms with E-state index in [1.807, 2.05) is 17.7 Å². The molecule has 3 rings (SSSR count). The van der Waals surface area contributed by atoms with Crippen LogP contribution in [-0.4, -0.2) is 48.0 Å². The lowest BCUT2D eigenvalue weighted by Crippen LogP contribution is -2.46. The Balaban J connectivity index is 0.00000280. The van der Waals surface area contributed by atoms with Crippen molar-refractivity contribution in [3.05, 3.63) is 41.0 Å². The number of fused-ring (bicyclic) bond motifs is 1. The second-order valence-corrected chi connectivity index (χ2v) is 6.67. The van der Waals surface area contributed by atoms with Crippen LogP contribution in [0.4, 0.5) is 0 Å². The maximum atomic E-state index is 5.32. The quantitative estimate of drug-likeness (QED) is 0.359. The zero-order chi connectivity index (χ0) is 19.2. The molecule has 9 heteroatoms. The van der Waals surface area contributed by atoms with Crippen LogP contribution in [0, 0.1) is 6.92 Å². The molecule has 1 aromatic heterocycles. The highest BCUT2D eigenvalue weighted by Gasteiger charge is 2.22. The average molecular weight is 500 g/mol. The van der Waals surface area contributed by atoms with Gasteiger partial charge in [0.1, 0.15) is 18.2 Å². The fourth-order valence-corrected chi connectivity index (χ4v) is 3.29. The SMILES string of the molecule is CN=C(NCc1ccc(OC)c(C)c1)NC1CCc2nc(COC)nn2C1.I. The first kappa shape index (κ1) is 22.4. The average Bonchev–Trinajstić information content (AvgIpc) is 3.07. The molecule has 1 unspecified atom stereocenters. The van der Waals surface area contributed by atoms with Gasteiger partial charge in [-0.05, 0) is 30.5 Å². The highest BCUT2D eigenvalue weighted by atomic mass is 127. The van der Waals surface area contributed by atoms with Crippen molar-refractivity contribution in [3.8, 4) is 5.75 Å². The standard InChI is InChI=1S/C19H28N6O2.HI/c1-13-9-14(5-7-16(13)27-4)10-21-19(20-2)22-15-6-8-18-23-17(12-26-3)24-25(18)11-15;/h5,7,9,15H,6,8,10-12H2,1-4H3,(H2,20,21,22);1H. The summed E-state index contributed by atoms with van der Waals surface area (Å²) in [6.45, 7) is 3.96. The number of aryl methyl sites for hydroxylation is 2. The van der Waals surface area contributed by atoms with Gasteiger partial charge >= 0.3 is 0 Å². The molecule has 1 aliphatic heterocycles. The minimum Gasteiger partial charge on any atom is -0.496 e. The van der Waals surface area contributed by atoms with Crippen LogP contribution in [0.25, 0.3) is 0 Å². The van der Waals surface area contributed by atoms with E-state index in [1.54, 1.807) is 21.3 Å². The van der Waals surface area contributed by atoms with Gasteiger partial charge in [-0.2, -0.15) is 5.10 Å². The Hall–Kier alpha value is -1.88. The summed E-state index contributed by atoms with van der Waals surface area (Å²) in [4.78, 5) is 8.86. The molecule has 0 fully saturated rings. The van der Waals surface area contributed by atoms with Gasteiger partial charge in [-0.3, -0.25) is 4.99 Å². The van der Waals surface area contributed by atoms with Crippen molar-refractivity contribution in [2.75, 3.05) is 21.3 Å². The maximum Gasteiger partial charge on any atom is 0.191 e. The number of aliphatic imine (C=N–C) groups is 1. The van der Waals surface area contributed by atoms with E-state index in [0.717, 1.165) is 48.3 Å². The maximum absolute atomic E-state index is 5.32. The van der Waals surface area contributed by atoms with Crippen LogP contribution in [0.5, 0.6) is 5.75 Å². The number of rotatable bonds is 6. The monoisotopic (exact) mass is 500 g/mol. The van der Waals surface area contributed by atoms with Crippen molar-refractivity contribution in [2.45, 2.75) is 45.5 Å². The number of methoxy groups -OCH3 is 2. The molecule has 0 saturated heterocycles. The van der Waals surface area contributed by atoms with Crippen molar-refractivity contribution in [2.24, 2.45) is 4.99 Å². The van der Waals surface area contributed by atoms with Gasteiger partial charge in [-0.25, -0.2) is 9.67 Å². The first-order chi connectivity index (χ1) is 13.1. The Morgan fingerprint density at radius 3 is 2.86 bits per heavy atom. The smallest absolute Gasteiger partial charge is 0.191 e. The number of benzene rings is 1. The molecule has 1 atom stereocenters. The molecule has 0 saturated carbocycles. The van der Waals surface area contributed by atoms with Crippen molar-refractivity contribution in [1.29, 1.82) is 0 Å². The molecule has 8 nitrogen and oxygen atoms in total. The lowest BCUT2D eigenvalue weighted by Gasteiger charge is -2.25. The number of nitrogens with one attached hydrogen (secondary N) is 2. The Bertz CT molecular complexity index is 808. The molecule has 0 amide bonds. The summed E-state index contributed by atoms with van der Waals surface area (Å²) in [6.07, 6.45) is 1.89. The predicted octanol–water partition coefficient (Wildman–Crippen LogP) is 2.04. The van der Waals surface area contributed by atoms with E-state index in [9.17, 15) is 0 Å². The summed E-state index contributed by atoms with van der Waals surface area (Å²) in [5.41, 5.74) is 2.31. The van der Waals surface area contributed by atoms with Crippen molar-refractivity contribution < 1.29 is 9.47 Å². The molecule has 1 aromatic carbocycles. The van der Waals surface area contributed by atoms with Crippen LogP contribution in [0.2, 0.25) is 0 Å². The fraction of sp³-hybridized carbons (Fsp3) is 0.526. The molecule has 2 heterocycles. The largest absolute Gasteiger partial charge is 0.496 e. The molecule has 1 aliphatic rings. The molecular weight excluding hydrogens is 471 g/mol. The topological polar surface area (TPSA) is 85.6 Å². The highest BCUT2D eigenvalue weighted by molar-refractivity contribution is 14.0. The Labute approximate surface area is 183 Å². The molecule has 0 bridgehead atoms. The minimum atomic E-state index is 0. The van der Waals surface area contributed by atoms with E-state index < -0.39 is 0 Å². The van der Waals surface area contributed by atoms with Crippen molar-refractivity contribution in [1.82, 2.24) is 25.4 Å². The molecule has 0 aliphatic carbocycles. The first-order valence-corrected chi connectivity index (χ1v) is 9.15. The molecule has 0 radical (unpaired) electrons. The number of hydrogen-bond donors (Lipinski definition) is 2. The third kappa shape index (κ3) is 5.57. The number of hydrogen-bond acceptors (Lipinski definition) is 5. The van der Waals surface area contributed by atoms with Gasteiger partial charge < -0.3 is 20.1 Å². The van der Waals surface area contributed by atoms with E-state index in [4.69, 9.17) is 9.47 Å². The third-order valence-corrected chi connectivity index (χ3v) is 4.66. The number of ether oxygens (including phenoxy) is 2. The van der Waals surface area contributed by atoms with Crippen LogP contribution in [0.1, 0.15) is 29.2 Å². The van der Waals surface area contributed by atoms with E-state index >= 15 is 0 Å². The van der Waals surface area contributed by atoms with Crippen LogP contribution in [0.15, 0.2) is 23.2 Å². The van der Waals surface area contributed by atoms with E-state index in [-0.39, 0.29) is 30.0 Å². The Morgan fingerprint density at radius 2 is 2.18 bits per heavy atom. The molecular formula is C19H29IN6O2. The van der Waals surface area contributed by atoms with Crippen LogP contribution < -0.4 is 15.4 Å². The van der Waals surface area contributed by atoms with Gasteiger partial charge in [0.25, 0.3) is 0 Å². The molecule has 2 aromatic rings. The van der Waals surface area contributed by atoms with E-state index in [1.165, 1.54) is 5.56 Å². The summed E-state index contributed by atoms with van der Waals surface area (Å²) in [5.74, 6) is 3.45. The number of guanidine groups is 1. The summed E-state index contributed by atoms with van der Waals surface area (Å²) in [6, 6.07) is 6.44. The molecule has 154 valence electrons. The second-order valence-electron chi connectivity index (χ2n) is 6.67. The summed E-state index contributed by atoms with van der Waals surface area (Å²) < 4.78 is 12.4. The normalized spacial score (nSPS) is 16.1. The predicted molar refractivity (Wildman–Crippen MR) is 119 cm³/mol. The lowest BCUT2D eigenvalue weighted by molar-refractivity contribution is 0.177. The van der Waals surface area contributed by atoms with Gasteiger partial charge in [-0.1, -0.05) is 12.1 Å². The van der Waals surface area contributed by atoms with Gasteiger partial charge in [0.15, 0.2) is 11.8 Å². The molecule has 0 spiro atoms. The fourth-order valence-electron chi connectivity index (χ4n) is 3.29. The van der Waals surface area contributed by atoms with Gasteiger partial charge in [-0.15, -0.1) is 24.0 Å². The number of nitrogens with zero attached hydrogens (tertiary/aromatic N) is 4. The third-order valence-electron chi connectivity index (χ3n) is 4.66.